The molecule has 0 aliphatic heterocycles. The maximum Gasteiger partial charge on any atom is 0.224 e. The van der Waals surface area contributed by atoms with Gasteiger partial charge in [-0.1, -0.05) is 13.8 Å². The number of nitrogens with zero attached hydrogens (tertiary/aromatic N) is 1. The zero-order chi connectivity index (χ0) is 14.1. The van der Waals surface area contributed by atoms with Crippen LogP contribution in [-0.4, -0.2) is 42.3 Å². The minimum Gasteiger partial charge on any atom is -0.508 e. The quantitative estimate of drug-likeness (QED) is 0.701. The summed E-state index contributed by atoms with van der Waals surface area (Å²) in [6.07, 6.45) is 0.322. The van der Waals surface area contributed by atoms with E-state index in [2.05, 4.69) is 24.1 Å². The molecule has 0 unspecified atom stereocenters. The number of ether oxygens (including phenoxy) is 1. The minimum atomic E-state index is -0.0225. The largest absolute Gasteiger partial charge is 0.508 e. The smallest absolute Gasteiger partial charge is 0.224 e. The van der Waals surface area contributed by atoms with Crippen molar-refractivity contribution in [2.75, 3.05) is 26.4 Å². The van der Waals surface area contributed by atoms with Crippen molar-refractivity contribution < 1.29 is 14.6 Å². The third-order valence-electron chi connectivity index (χ3n) is 2.83. The number of amides is 1. The van der Waals surface area contributed by atoms with Gasteiger partial charge in [-0.25, -0.2) is 0 Å². The van der Waals surface area contributed by atoms with Crippen molar-refractivity contribution in [3.8, 4) is 11.5 Å². The molecule has 0 aliphatic rings. The molecule has 0 heterocycles. The van der Waals surface area contributed by atoms with Crippen molar-refractivity contribution >= 4 is 5.91 Å². The Kier molecular flexibility index (Phi) is 6.74. The Bertz CT molecular complexity index is 375. The summed E-state index contributed by atoms with van der Waals surface area (Å²) in [7, 11) is 0. The number of hydrogen-bond acceptors (Lipinski definition) is 4. The number of aromatic hydroxyl groups is 1. The molecule has 0 aliphatic carbocycles. The third-order valence-corrected chi connectivity index (χ3v) is 2.83. The lowest BCUT2D eigenvalue weighted by Crippen LogP contribution is -2.37. The van der Waals surface area contributed by atoms with E-state index in [1.54, 1.807) is 24.3 Å². The van der Waals surface area contributed by atoms with Crippen LogP contribution in [0.4, 0.5) is 0 Å². The average Bonchev–Trinajstić information content (AvgIpc) is 2.42. The van der Waals surface area contributed by atoms with E-state index in [1.807, 2.05) is 0 Å². The van der Waals surface area contributed by atoms with Gasteiger partial charge in [0.05, 0.1) is 19.7 Å². The van der Waals surface area contributed by atoms with E-state index in [9.17, 15) is 4.79 Å². The van der Waals surface area contributed by atoms with Gasteiger partial charge in [0, 0.05) is 0 Å². The summed E-state index contributed by atoms with van der Waals surface area (Å²) in [6, 6.07) is 6.44. The molecule has 0 radical (unpaired) electrons. The van der Waals surface area contributed by atoms with Gasteiger partial charge in [0.25, 0.3) is 0 Å². The number of carbonyl (C=O) groups is 1. The second kappa shape index (κ2) is 8.37. The molecule has 0 saturated carbocycles. The molecule has 1 aromatic carbocycles. The van der Waals surface area contributed by atoms with Crippen molar-refractivity contribution in [3.63, 3.8) is 0 Å². The van der Waals surface area contributed by atoms with Gasteiger partial charge in [0.15, 0.2) is 0 Å². The lowest BCUT2D eigenvalue weighted by molar-refractivity contribution is -0.122. The first-order valence-electron chi connectivity index (χ1n) is 6.56. The van der Waals surface area contributed by atoms with Crippen LogP contribution in [0.5, 0.6) is 11.5 Å². The molecule has 5 heteroatoms. The highest BCUT2D eigenvalue weighted by Gasteiger charge is 2.04. The standard InChI is InChI=1S/C14H22N2O3/c1-3-16(4-2)11-15-14(18)9-10-19-13-7-5-12(17)6-8-13/h5-8,17H,3-4,9-11H2,1-2H3,(H,15,18). The summed E-state index contributed by atoms with van der Waals surface area (Å²) in [5, 5.41) is 12.0. The van der Waals surface area contributed by atoms with Crippen molar-refractivity contribution in [2.24, 2.45) is 0 Å². The van der Waals surface area contributed by atoms with Crippen LogP contribution in [0, 0.1) is 0 Å². The van der Waals surface area contributed by atoms with Crippen LogP contribution < -0.4 is 10.1 Å². The summed E-state index contributed by atoms with van der Waals surface area (Å²) < 4.78 is 5.41. The number of carbonyl (C=O) groups excluding carboxylic acids is 1. The predicted molar refractivity (Wildman–Crippen MR) is 74.1 cm³/mol. The van der Waals surface area contributed by atoms with Gasteiger partial charge in [0.1, 0.15) is 11.5 Å². The SMILES string of the molecule is CCN(CC)CNC(=O)CCOc1ccc(O)cc1. The number of phenols is 1. The third kappa shape index (κ3) is 6.10. The number of phenolic OH excluding ortho intramolecular Hbond substituents is 1. The Morgan fingerprint density at radius 3 is 2.47 bits per heavy atom. The van der Waals surface area contributed by atoms with Crippen LogP contribution in [0.1, 0.15) is 20.3 Å². The molecule has 1 amide bonds. The average molecular weight is 266 g/mol. The molecule has 0 spiro atoms. The van der Waals surface area contributed by atoms with Crippen LogP contribution in [0.3, 0.4) is 0 Å². The van der Waals surface area contributed by atoms with Crippen molar-refractivity contribution in [1.82, 2.24) is 10.2 Å². The lowest BCUT2D eigenvalue weighted by Gasteiger charge is -2.18. The first-order valence-corrected chi connectivity index (χ1v) is 6.56. The summed E-state index contributed by atoms with van der Waals surface area (Å²) in [5.74, 6) is 0.823. The Morgan fingerprint density at radius 2 is 1.89 bits per heavy atom. The van der Waals surface area contributed by atoms with E-state index < -0.39 is 0 Å². The van der Waals surface area contributed by atoms with Crippen LogP contribution >= 0.6 is 0 Å². The molecule has 0 bridgehead atoms. The van der Waals surface area contributed by atoms with E-state index in [0.29, 0.717) is 25.4 Å². The molecular formula is C14H22N2O3. The van der Waals surface area contributed by atoms with Gasteiger partial charge >= 0.3 is 0 Å². The summed E-state index contributed by atoms with van der Waals surface area (Å²) in [4.78, 5) is 13.7. The molecule has 2 N–H and O–H groups in total. The normalized spacial score (nSPS) is 10.5. The number of hydrogen-bond donors (Lipinski definition) is 2. The maximum absolute atomic E-state index is 11.6. The van der Waals surface area contributed by atoms with Crippen LogP contribution in [0.2, 0.25) is 0 Å². The zero-order valence-electron chi connectivity index (χ0n) is 11.6. The Balaban J connectivity index is 2.18. The lowest BCUT2D eigenvalue weighted by atomic mass is 10.3. The fourth-order valence-corrected chi connectivity index (χ4v) is 1.54. The first kappa shape index (κ1) is 15.3. The van der Waals surface area contributed by atoms with E-state index in [0.717, 1.165) is 13.1 Å². The van der Waals surface area contributed by atoms with Crippen molar-refractivity contribution in [2.45, 2.75) is 20.3 Å². The highest BCUT2D eigenvalue weighted by Crippen LogP contribution is 2.15. The van der Waals surface area contributed by atoms with Crippen molar-refractivity contribution in [3.05, 3.63) is 24.3 Å². The van der Waals surface area contributed by atoms with Gasteiger partial charge < -0.3 is 15.2 Å². The van der Waals surface area contributed by atoms with Crippen LogP contribution in [0.15, 0.2) is 24.3 Å². The van der Waals surface area contributed by atoms with E-state index in [-0.39, 0.29) is 11.7 Å². The van der Waals surface area contributed by atoms with Gasteiger partial charge in [-0.15, -0.1) is 0 Å². The minimum absolute atomic E-state index is 0.0225. The Labute approximate surface area is 114 Å². The van der Waals surface area contributed by atoms with E-state index >= 15 is 0 Å². The molecule has 0 atom stereocenters. The molecule has 19 heavy (non-hydrogen) atoms. The maximum atomic E-state index is 11.6. The number of benzene rings is 1. The van der Waals surface area contributed by atoms with Crippen LogP contribution in [-0.2, 0) is 4.79 Å². The summed E-state index contributed by atoms with van der Waals surface area (Å²) in [6.45, 7) is 6.86. The highest BCUT2D eigenvalue weighted by atomic mass is 16.5. The van der Waals surface area contributed by atoms with E-state index in [4.69, 9.17) is 9.84 Å². The Hall–Kier alpha value is -1.75. The predicted octanol–water partition coefficient (Wildman–Crippen LogP) is 1.58. The van der Waals surface area contributed by atoms with Crippen LogP contribution in [0.25, 0.3) is 0 Å². The molecule has 1 aromatic rings. The van der Waals surface area contributed by atoms with Gasteiger partial charge in [-0.05, 0) is 37.4 Å². The molecule has 5 nitrogen and oxygen atoms in total. The fourth-order valence-electron chi connectivity index (χ4n) is 1.54. The molecule has 0 aromatic heterocycles. The summed E-state index contributed by atoms with van der Waals surface area (Å²) in [5.41, 5.74) is 0. The topological polar surface area (TPSA) is 61.8 Å². The highest BCUT2D eigenvalue weighted by molar-refractivity contribution is 5.75. The van der Waals surface area contributed by atoms with E-state index in [1.165, 1.54) is 0 Å². The molecule has 106 valence electrons. The second-order valence-corrected chi connectivity index (χ2v) is 4.15. The monoisotopic (exact) mass is 266 g/mol. The molecular weight excluding hydrogens is 244 g/mol. The molecule has 0 fully saturated rings. The summed E-state index contributed by atoms with van der Waals surface area (Å²) >= 11 is 0. The second-order valence-electron chi connectivity index (χ2n) is 4.15. The molecule has 1 rings (SSSR count). The van der Waals surface area contributed by atoms with Gasteiger partial charge in [-0.3, -0.25) is 9.69 Å². The van der Waals surface area contributed by atoms with Gasteiger partial charge in [0.2, 0.25) is 5.91 Å². The Morgan fingerprint density at radius 1 is 1.26 bits per heavy atom. The number of nitrogens with one attached hydrogen (secondary N) is 1. The van der Waals surface area contributed by atoms with Gasteiger partial charge in [-0.2, -0.15) is 0 Å². The van der Waals surface area contributed by atoms with Crippen molar-refractivity contribution in [1.29, 1.82) is 0 Å². The molecule has 0 saturated heterocycles. The fraction of sp³-hybridized carbons (Fsp3) is 0.500. The zero-order valence-corrected chi connectivity index (χ0v) is 11.6. The number of rotatable bonds is 8. The first-order chi connectivity index (χ1) is 9.15.